The highest BCUT2D eigenvalue weighted by Crippen LogP contribution is 2.25. The average Bonchev–Trinajstić information content (AvgIpc) is 2.58. The minimum atomic E-state index is -0.201. The van der Waals surface area contributed by atoms with Crippen molar-refractivity contribution in [3.63, 3.8) is 0 Å². The molecule has 15 heavy (non-hydrogen) atoms. The number of aromatic nitrogens is 1. The number of fused-ring (bicyclic) bond motifs is 1. The molecule has 0 radical (unpaired) electrons. The molecule has 1 heterocycles. The van der Waals surface area contributed by atoms with E-state index in [1.54, 1.807) is 6.07 Å². The smallest absolute Gasteiger partial charge is 0.195 e. The highest BCUT2D eigenvalue weighted by atomic mass is 19.1. The number of halogens is 1. The van der Waals surface area contributed by atoms with Gasteiger partial charge in [0.2, 0.25) is 0 Å². The first-order chi connectivity index (χ1) is 7.11. The molecule has 3 heteroatoms. The molecule has 1 aromatic heterocycles. The molecule has 0 spiro atoms. The van der Waals surface area contributed by atoms with E-state index in [-0.39, 0.29) is 11.7 Å². The first-order valence-electron chi connectivity index (χ1n) is 5.20. The molecular weight excluding hydrogens is 193 g/mol. The van der Waals surface area contributed by atoms with Gasteiger partial charge >= 0.3 is 0 Å². The van der Waals surface area contributed by atoms with E-state index in [9.17, 15) is 4.39 Å². The van der Waals surface area contributed by atoms with E-state index in [2.05, 4.69) is 4.98 Å². The van der Waals surface area contributed by atoms with Gasteiger partial charge in [-0.25, -0.2) is 9.37 Å². The minimum absolute atomic E-state index is 0.157. The Morgan fingerprint density at radius 3 is 2.73 bits per heavy atom. The molecule has 0 saturated heterocycles. The molecule has 0 fully saturated rings. The summed E-state index contributed by atoms with van der Waals surface area (Å²) < 4.78 is 19.1. The van der Waals surface area contributed by atoms with E-state index in [0.29, 0.717) is 22.6 Å². The Balaban J connectivity index is 2.63. The molecule has 2 aromatic rings. The van der Waals surface area contributed by atoms with Crippen LogP contribution in [0.2, 0.25) is 0 Å². The lowest BCUT2D eigenvalue weighted by Crippen LogP contribution is -1.92. The zero-order valence-corrected chi connectivity index (χ0v) is 9.17. The standard InChI is InChI=1S/C12H14FNO/c1-4-12-14-10-6-9(13)8(7(2)3)5-11(10)15-12/h5-7H,4H2,1-3H3. The minimum Gasteiger partial charge on any atom is -0.441 e. The van der Waals surface area contributed by atoms with Crippen molar-refractivity contribution in [2.45, 2.75) is 33.1 Å². The molecule has 0 bridgehead atoms. The summed E-state index contributed by atoms with van der Waals surface area (Å²) in [5.74, 6) is 0.614. The summed E-state index contributed by atoms with van der Waals surface area (Å²) in [6, 6.07) is 3.20. The van der Waals surface area contributed by atoms with Crippen LogP contribution in [0, 0.1) is 5.82 Å². The van der Waals surface area contributed by atoms with Crippen molar-refractivity contribution < 1.29 is 8.81 Å². The molecule has 0 saturated carbocycles. The summed E-state index contributed by atoms with van der Waals surface area (Å²) in [5.41, 5.74) is 1.96. The van der Waals surface area contributed by atoms with Crippen LogP contribution in [0.4, 0.5) is 4.39 Å². The van der Waals surface area contributed by atoms with E-state index in [1.807, 2.05) is 20.8 Å². The van der Waals surface area contributed by atoms with Crippen LogP contribution in [0.5, 0.6) is 0 Å². The Morgan fingerprint density at radius 1 is 1.40 bits per heavy atom. The van der Waals surface area contributed by atoms with Gasteiger partial charge in [-0.15, -0.1) is 0 Å². The predicted molar refractivity (Wildman–Crippen MR) is 57.4 cm³/mol. The maximum atomic E-state index is 13.6. The first-order valence-corrected chi connectivity index (χ1v) is 5.20. The Kier molecular flexibility index (Phi) is 2.47. The van der Waals surface area contributed by atoms with Gasteiger partial charge in [0.25, 0.3) is 0 Å². The molecule has 1 aromatic carbocycles. The van der Waals surface area contributed by atoms with E-state index in [1.165, 1.54) is 6.07 Å². The molecule has 2 nitrogen and oxygen atoms in total. The first kappa shape index (κ1) is 10.1. The molecule has 0 aliphatic heterocycles. The van der Waals surface area contributed by atoms with Crippen LogP contribution < -0.4 is 0 Å². The topological polar surface area (TPSA) is 26.0 Å². The summed E-state index contributed by atoms with van der Waals surface area (Å²) in [5, 5.41) is 0. The zero-order valence-electron chi connectivity index (χ0n) is 9.17. The fraction of sp³-hybridized carbons (Fsp3) is 0.417. The number of benzene rings is 1. The van der Waals surface area contributed by atoms with Gasteiger partial charge in [-0.3, -0.25) is 0 Å². The molecule has 0 aliphatic rings. The summed E-state index contributed by atoms with van der Waals surface area (Å²) in [6.07, 6.45) is 0.729. The normalized spacial score (nSPS) is 11.5. The fourth-order valence-corrected chi connectivity index (χ4v) is 1.61. The van der Waals surface area contributed by atoms with Crippen LogP contribution in [-0.2, 0) is 6.42 Å². The van der Waals surface area contributed by atoms with Gasteiger partial charge in [0.05, 0.1) is 0 Å². The summed E-state index contributed by atoms with van der Waals surface area (Å²) in [7, 11) is 0. The summed E-state index contributed by atoms with van der Waals surface area (Å²) in [6.45, 7) is 5.88. The molecule has 2 rings (SSSR count). The molecule has 0 unspecified atom stereocenters. The average molecular weight is 207 g/mol. The fourth-order valence-electron chi connectivity index (χ4n) is 1.61. The number of oxazole rings is 1. The number of nitrogens with zero attached hydrogens (tertiary/aromatic N) is 1. The lowest BCUT2D eigenvalue weighted by atomic mass is 10.0. The van der Waals surface area contributed by atoms with E-state index in [0.717, 1.165) is 6.42 Å². The third-order valence-electron chi connectivity index (χ3n) is 2.48. The SMILES string of the molecule is CCc1nc2cc(F)c(C(C)C)cc2o1. The van der Waals surface area contributed by atoms with Gasteiger partial charge in [0.15, 0.2) is 11.5 Å². The Morgan fingerprint density at radius 2 is 2.13 bits per heavy atom. The van der Waals surface area contributed by atoms with Crippen molar-refractivity contribution in [2.75, 3.05) is 0 Å². The molecule has 0 N–H and O–H groups in total. The Bertz CT molecular complexity index is 488. The van der Waals surface area contributed by atoms with Gasteiger partial charge in [-0.05, 0) is 17.5 Å². The predicted octanol–water partition coefficient (Wildman–Crippen LogP) is 3.65. The van der Waals surface area contributed by atoms with Gasteiger partial charge in [-0.2, -0.15) is 0 Å². The second kappa shape index (κ2) is 3.65. The molecule has 0 amide bonds. The monoisotopic (exact) mass is 207 g/mol. The van der Waals surface area contributed by atoms with Gasteiger partial charge in [0.1, 0.15) is 11.3 Å². The Labute approximate surface area is 88.1 Å². The summed E-state index contributed by atoms with van der Waals surface area (Å²) in [4.78, 5) is 4.19. The molecule has 0 atom stereocenters. The maximum absolute atomic E-state index is 13.6. The van der Waals surface area contributed by atoms with E-state index < -0.39 is 0 Å². The van der Waals surface area contributed by atoms with Crippen LogP contribution in [0.25, 0.3) is 11.1 Å². The number of aryl methyl sites for hydroxylation is 1. The van der Waals surface area contributed by atoms with Crippen LogP contribution in [0.3, 0.4) is 0 Å². The van der Waals surface area contributed by atoms with Crippen molar-refractivity contribution in [2.24, 2.45) is 0 Å². The van der Waals surface area contributed by atoms with Crippen LogP contribution in [0.1, 0.15) is 38.1 Å². The Hall–Kier alpha value is -1.38. The number of rotatable bonds is 2. The third-order valence-corrected chi connectivity index (χ3v) is 2.48. The van der Waals surface area contributed by atoms with Gasteiger partial charge < -0.3 is 4.42 Å². The second-order valence-corrected chi connectivity index (χ2v) is 3.96. The highest BCUT2D eigenvalue weighted by molar-refractivity contribution is 5.73. The highest BCUT2D eigenvalue weighted by Gasteiger charge is 2.12. The van der Waals surface area contributed by atoms with Gasteiger partial charge in [0, 0.05) is 12.5 Å². The van der Waals surface area contributed by atoms with Crippen molar-refractivity contribution >= 4 is 11.1 Å². The van der Waals surface area contributed by atoms with Crippen LogP contribution in [0.15, 0.2) is 16.5 Å². The summed E-state index contributed by atoms with van der Waals surface area (Å²) >= 11 is 0. The third kappa shape index (κ3) is 1.74. The van der Waals surface area contributed by atoms with Crippen molar-refractivity contribution in [3.8, 4) is 0 Å². The van der Waals surface area contributed by atoms with Crippen molar-refractivity contribution in [1.29, 1.82) is 0 Å². The van der Waals surface area contributed by atoms with Gasteiger partial charge in [-0.1, -0.05) is 20.8 Å². The van der Waals surface area contributed by atoms with Crippen molar-refractivity contribution in [3.05, 3.63) is 29.4 Å². The lowest BCUT2D eigenvalue weighted by Gasteiger charge is -2.05. The largest absolute Gasteiger partial charge is 0.441 e. The molecule has 0 aliphatic carbocycles. The van der Waals surface area contributed by atoms with Crippen LogP contribution >= 0.6 is 0 Å². The van der Waals surface area contributed by atoms with Crippen molar-refractivity contribution in [1.82, 2.24) is 4.98 Å². The lowest BCUT2D eigenvalue weighted by molar-refractivity contribution is 0.536. The molecular formula is C12H14FNO. The number of hydrogen-bond donors (Lipinski definition) is 0. The quantitative estimate of drug-likeness (QED) is 0.751. The maximum Gasteiger partial charge on any atom is 0.195 e. The van der Waals surface area contributed by atoms with Crippen LogP contribution in [-0.4, -0.2) is 4.98 Å². The number of hydrogen-bond acceptors (Lipinski definition) is 2. The molecule has 80 valence electrons. The second-order valence-electron chi connectivity index (χ2n) is 3.96. The van der Waals surface area contributed by atoms with E-state index >= 15 is 0 Å². The van der Waals surface area contributed by atoms with E-state index in [4.69, 9.17) is 4.42 Å². The zero-order chi connectivity index (χ0) is 11.0.